The predicted molar refractivity (Wildman–Crippen MR) is 213 cm³/mol. The molecule has 14 heteroatoms. The highest BCUT2D eigenvalue weighted by Gasteiger charge is 2.50. The van der Waals surface area contributed by atoms with Gasteiger partial charge in [0.15, 0.2) is 5.75 Å². The van der Waals surface area contributed by atoms with Crippen LogP contribution in [0.25, 0.3) is 27.5 Å². The van der Waals surface area contributed by atoms with Gasteiger partial charge in [-0.25, -0.2) is 4.98 Å². The zero-order valence-electron chi connectivity index (χ0n) is 34.0. The minimum Gasteiger partial charge on any atom is -0.507 e. The van der Waals surface area contributed by atoms with E-state index in [-0.39, 0.29) is 51.0 Å². The SMILES string of the molecule is CO[C@H]1/C=C/O[C@@]2(C)Oc3c(C)c(O)c4c(O)c(c5c(nc6cc(C)ccn65)c4c3C2=O)NC(=O)C(C)C/C=C/[C@H](C)[C@H](O)[C@@H](C)[C@@H](O)[C@@H](C)[C@H](OC(C)=O)[C@@H]1C. The van der Waals surface area contributed by atoms with Crippen molar-refractivity contribution in [2.75, 3.05) is 12.4 Å². The average Bonchev–Trinajstić information content (AvgIpc) is 3.67. The number of Topliss-reactive ketones (excluding diaryl/α,β-unsaturated/α-hetero) is 1. The number of allylic oxidation sites excluding steroid dienone is 1. The summed E-state index contributed by atoms with van der Waals surface area (Å²) in [5.41, 5.74) is 2.07. The largest absolute Gasteiger partial charge is 0.507 e. The van der Waals surface area contributed by atoms with Gasteiger partial charge < -0.3 is 44.7 Å². The summed E-state index contributed by atoms with van der Waals surface area (Å²) in [5.74, 6) is -7.28. The molecule has 57 heavy (non-hydrogen) atoms. The van der Waals surface area contributed by atoms with E-state index < -0.39 is 83.2 Å². The number of esters is 1. The first-order valence-corrected chi connectivity index (χ1v) is 19.3. The Balaban J connectivity index is 1.55. The minimum absolute atomic E-state index is 0.000366. The number of pyridine rings is 1. The number of phenolic OH excluding ortho intramolecular Hbond substituents is 2. The fourth-order valence-corrected chi connectivity index (χ4v) is 8.22. The third-order valence-electron chi connectivity index (χ3n) is 11.8. The number of amides is 1. The molecule has 4 heterocycles. The summed E-state index contributed by atoms with van der Waals surface area (Å²) < 4.78 is 25.5. The number of rotatable bonds is 2. The fraction of sp³-hybridized carbons (Fsp3) is 0.488. The molecule has 14 nitrogen and oxygen atoms in total. The predicted octanol–water partition coefficient (Wildman–Crippen LogP) is 6.24. The first kappa shape index (κ1) is 41.5. The van der Waals surface area contributed by atoms with Gasteiger partial charge in [0.25, 0.3) is 5.78 Å². The number of aryl methyl sites for hydroxylation is 1. The Morgan fingerprint density at radius 3 is 2.37 bits per heavy atom. The van der Waals surface area contributed by atoms with Gasteiger partial charge >= 0.3 is 11.8 Å². The van der Waals surface area contributed by atoms with Crippen molar-refractivity contribution in [2.24, 2.45) is 29.6 Å². The molecule has 2 aromatic carbocycles. The number of imidazole rings is 1. The zero-order valence-corrected chi connectivity index (χ0v) is 34.0. The lowest BCUT2D eigenvalue weighted by molar-refractivity contribution is -0.160. The Hall–Kier alpha value is -5.18. The van der Waals surface area contributed by atoms with Crippen LogP contribution in [0.5, 0.6) is 17.2 Å². The second-order valence-electron chi connectivity index (χ2n) is 16.0. The number of carbonyl (C=O) groups is 3. The van der Waals surface area contributed by atoms with Crippen LogP contribution >= 0.6 is 0 Å². The van der Waals surface area contributed by atoms with Gasteiger partial charge in [0.1, 0.15) is 40.0 Å². The number of aliphatic hydroxyl groups is 2. The molecule has 0 spiro atoms. The lowest BCUT2D eigenvalue weighted by atomic mass is 9.78. The lowest BCUT2D eigenvalue weighted by Gasteiger charge is -2.38. The van der Waals surface area contributed by atoms with E-state index in [1.54, 1.807) is 70.4 Å². The number of hydrogen-bond acceptors (Lipinski definition) is 12. The van der Waals surface area contributed by atoms with Crippen molar-refractivity contribution < 1.29 is 53.8 Å². The van der Waals surface area contributed by atoms with Crippen molar-refractivity contribution in [3.05, 3.63) is 59.5 Å². The number of methoxy groups -OCH3 is 1. The molecule has 0 saturated heterocycles. The Morgan fingerprint density at radius 2 is 1.70 bits per heavy atom. The highest BCUT2D eigenvalue weighted by molar-refractivity contribution is 6.28. The first-order chi connectivity index (χ1) is 26.8. The molecule has 0 radical (unpaired) electrons. The number of nitrogens with one attached hydrogen (secondary N) is 1. The number of anilines is 1. The van der Waals surface area contributed by atoms with Crippen LogP contribution in [0.4, 0.5) is 5.69 Å². The second-order valence-corrected chi connectivity index (χ2v) is 16.0. The van der Waals surface area contributed by atoms with Crippen LogP contribution in [0.3, 0.4) is 0 Å². The number of carbonyl (C=O) groups excluding carboxylic acids is 3. The zero-order chi connectivity index (χ0) is 41.8. The van der Waals surface area contributed by atoms with Crippen LogP contribution in [-0.4, -0.2) is 84.8 Å². The molecule has 4 aromatic rings. The molecule has 1 unspecified atom stereocenters. The molecule has 0 aliphatic carbocycles. The fourth-order valence-electron chi connectivity index (χ4n) is 8.22. The normalized spacial score (nSPS) is 31.3. The molecule has 306 valence electrons. The molecule has 0 fully saturated rings. The van der Waals surface area contributed by atoms with Crippen LogP contribution in [-0.2, 0) is 23.8 Å². The Kier molecular flexibility index (Phi) is 11.4. The maximum Gasteiger partial charge on any atom is 0.312 e. The van der Waals surface area contributed by atoms with E-state index in [2.05, 4.69) is 5.32 Å². The molecule has 10 atom stereocenters. The van der Waals surface area contributed by atoms with Crippen LogP contribution in [0, 0.1) is 43.4 Å². The third kappa shape index (κ3) is 7.19. The number of phenols is 2. The van der Waals surface area contributed by atoms with Gasteiger partial charge in [-0.15, -0.1) is 0 Å². The summed E-state index contributed by atoms with van der Waals surface area (Å²) in [5, 5.41) is 49.6. The standard InChI is InChI=1S/C43H53N3O11/c1-19-14-16-46-28(18-19)44-32-29-30-37(50)25(7)40-31(29)41(52)43(9,57-40)55-17-15-27(54-10)22(4)39(56-26(8)47)24(6)36(49)23(5)35(48)20(2)12-11-13-21(3)42(53)45-33(34(32)46)38(30)51/h11-12,14-18,20-24,27,35-36,39,48-51H,13H2,1-10H3,(H,45,53)/b12-11+,17-15+/t20-,21?,22+,23+,24+,27-,35-,36+,39+,43-/m0/s1. The van der Waals surface area contributed by atoms with Gasteiger partial charge in [-0.2, -0.15) is 0 Å². The Morgan fingerprint density at radius 1 is 1.00 bits per heavy atom. The van der Waals surface area contributed by atoms with E-state index in [0.717, 1.165) is 5.56 Å². The van der Waals surface area contributed by atoms with Gasteiger partial charge in [0.05, 0.1) is 35.5 Å². The maximum atomic E-state index is 14.6. The smallest absolute Gasteiger partial charge is 0.312 e. The summed E-state index contributed by atoms with van der Waals surface area (Å²) >= 11 is 0. The van der Waals surface area contributed by atoms with E-state index >= 15 is 0 Å². The molecular weight excluding hydrogens is 734 g/mol. The van der Waals surface area contributed by atoms with E-state index in [4.69, 9.17) is 23.9 Å². The summed E-state index contributed by atoms with van der Waals surface area (Å²) in [7, 11) is 1.46. The number of aliphatic hydroxyl groups excluding tert-OH is 2. The molecule has 5 N–H and O–H groups in total. The average molecular weight is 788 g/mol. The minimum atomic E-state index is -1.95. The number of nitrogens with zero attached hydrogens (tertiary/aromatic N) is 2. The van der Waals surface area contributed by atoms with Crippen LogP contribution in [0.2, 0.25) is 0 Å². The molecule has 4 bridgehead atoms. The summed E-state index contributed by atoms with van der Waals surface area (Å²) in [6, 6.07) is 3.66. The first-order valence-electron chi connectivity index (χ1n) is 19.3. The highest BCUT2D eigenvalue weighted by Crippen LogP contribution is 2.54. The summed E-state index contributed by atoms with van der Waals surface area (Å²) in [4.78, 5) is 45.7. The number of hydrogen-bond donors (Lipinski definition) is 5. The maximum absolute atomic E-state index is 14.6. The number of ether oxygens (including phenoxy) is 4. The van der Waals surface area contributed by atoms with E-state index in [0.29, 0.717) is 11.2 Å². The van der Waals surface area contributed by atoms with Crippen LogP contribution in [0.15, 0.2) is 42.8 Å². The topological polar surface area (TPSA) is 198 Å². The lowest BCUT2D eigenvalue weighted by Crippen LogP contribution is -2.46. The Labute approximate surface area is 331 Å². The van der Waals surface area contributed by atoms with Crippen molar-refractivity contribution in [3.63, 3.8) is 0 Å². The highest BCUT2D eigenvalue weighted by atomic mass is 16.7. The third-order valence-corrected chi connectivity index (χ3v) is 11.8. The number of aromatic nitrogens is 2. The molecule has 1 amide bonds. The van der Waals surface area contributed by atoms with E-state index in [1.807, 2.05) is 19.1 Å². The van der Waals surface area contributed by atoms with Gasteiger partial charge in [0, 0.05) is 67.7 Å². The van der Waals surface area contributed by atoms with Gasteiger partial charge in [-0.3, -0.25) is 18.8 Å². The second kappa shape index (κ2) is 15.6. The number of benzene rings is 2. The number of aromatic hydroxyl groups is 2. The molecule has 2 aliphatic heterocycles. The Bertz CT molecular complexity index is 2310. The van der Waals surface area contributed by atoms with Gasteiger partial charge in [-0.1, -0.05) is 46.8 Å². The van der Waals surface area contributed by atoms with E-state index in [9.17, 15) is 34.8 Å². The van der Waals surface area contributed by atoms with Gasteiger partial charge in [-0.05, 0) is 44.0 Å². The van der Waals surface area contributed by atoms with Crippen LogP contribution in [0.1, 0.15) is 76.4 Å². The number of fused-ring (bicyclic) bond motifs is 2. The monoisotopic (exact) mass is 787 g/mol. The van der Waals surface area contributed by atoms with Crippen molar-refractivity contribution in [1.82, 2.24) is 9.38 Å². The number of ketones is 1. The molecule has 2 aromatic heterocycles. The van der Waals surface area contributed by atoms with Gasteiger partial charge in [0.2, 0.25) is 5.91 Å². The molecular formula is C43H53N3O11. The van der Waals surface area contributed by atoms with Crippen molar-refractivity contribution in [3.8, 4) is 17.2 Å². The van der Waals surface area contributed by atoms with Crippen molar-refractivity contribution >= 4 is 50.8 Å². The molecule has 2 aliphatic rings. The molecule has 6 rings (SSSR count). The summed E-state index contributed by atoms with van der Waals surface area (Å²) in [6.07, 6.45) is 4.66. The summed E-state index contributed by atoms with van der Waals surface area (Å²) in [6.45, 7) is 14.9. The van der Waals surface area contributed by atoms with Crippen LogP contribution < -0.4 is 10.1 Å². The quantitative estimate of drug-likeness (QED) is 0.0873. The van der Waals surface area contributed by atoms with Crippen molar-refractivity contribution in [1.29, 1.82) is 0 Å². The molecule has 0 saturated carbocycles. The van der Waals surface area contributed by atoms with Crippen molar-refractivity contribution in [2.45, 2.75) is 98.9 Å². The van der Waals surface area contributed by atoms with E-state index in [1.165, 1.54) is 27.2 Å².